The number of benzene rings is 3. The molecule has 0 atom stereocenters. The van der Waals surface area contributed by atoms with Crippen molar-refractivity contribution in [2.45, 2.75) is 6.42 Å². The predicted molar refractivity (Wildman–Crippen MR) is 121 cm³/mol. The van der Waals surface area contributed by atoms with Gasteiger partial charge in [-0.15, -0.1) is 0 Å². The first-order valence-corrected chi connectivity index (χ1v) is 10.1. The summed E-state index contributed by atoms with van der Waals surface area (Å²) in [6.07, 6.45) is 0.277. The van der Waals surface area contributed by atoms with Crippen molar-refractivity contribution >= 4 is 45.4 Å². The van der Waals surface area contributed by atoms with E-state index in [0.717, 1.165) is 54.0 Å². The Kier molecular flexibility index (Phi) is 6.03. The molecule has 1 saturated heterocycles. The fraction of sp³-hybridized carbons (Fsp3) is 0.217. The third-order valence-corrected chi connectivity index (χ3v) is 5.19. The van der Waals surface area contributed by atoms with Gasteiger partial charge in [0, 0.05) is 24.5 Å². The second kappa shape index (κ2) is 9.03. The molecule has 6 heteroatoms. The van der Waals surface area contributed by atoms with Gasteiger partial charge < -0.3 is 20.3 Å². The fourth-order valence-corrected chi connectivity index (χ4v) is 3.76. The number of carbonyl (C=O) groups is 1. The van der Waals surface area contributed by atoms with E-state index in [1.165, 1.54) is 0 Å². The lowest BCUT2D eigenvalue weighted by atomic mass is 10.0. The summed E-state index contributed by atoms with van der Waals surface area (Å²) in [6.45, 7) is 3.31. The van der Waals surface area contributed by atoms with Gasteiger partial charge in [0.2, 0.25) is 5.91 Å². The predicted octanol–water partition coefficient (Wildman–Crippen LogP) is 3.73. The van der Waals surface area contributed by atoms with E-state index in [0.29, 0.717) is 5.11 Å². The van der Waals surface area contributed by atoms with Crippen molar-refractivity contribution in [3.8, 4) is 0 Å². The minimum atomic E-state index is -0.135. The van der Waals surface area contributed by atoms with Crippen molar-refractivity contribution in [1.82, 2.24) is 5.32 Å². The van der Waals surface area contributed by atoms with Crippen LogP contribution in [0, 0.1) is 0 Å². The second-order valence-corrected chi connectivity index (χ2v) is 7.37. The number of nitrogens with one attached hydrogen (secondary N) is 2. The van der Waals surface area contributed by atoms with Crippen LogP contribution in [-0.4, -0.2) is 37.3 Å². The number of ether oxygens (including phenoxy) is 1. The minimum Gasteiger partial charge on any atom is -0.378 e. The van der Waals surface area contributed by atoms with Crippen LogP contribution < -0.4 is 15.5 Å². The van der Waals surface area contributed by atoms with Crippen LogP contribution in [0.1, 0.15) is 5.56 Å². The molecule has 0 unspecified atom stereocenters. The lowest BCUT2D eigenvalue weighted by molar-refractivity contribution is -0.119. The molecular weight excluding hydrogens is 382 g/mol. The van der Waals surface area contributed by atoms with E-state index in [1.54, 1.807) is 0 Å². The number of hydrogen-bond acceptors (Lipinski definition) is 4. The highest BCUT2D eigenvalue weighted by molar-refractivity contribution is 7.80. The highest BCUT2D eigenvalue weighted by Gasteiger charge is 2.12. The third kappa shape index (κ3) is 4.91. The number of carbonyl (C=O) groups excluding carboxylic acids is 1. The van der Waals surface area contributed by atoms with Crippen molar-refractivity contribution in [2.24, 2.45) is 0 Å². The lowest BCUT2D eigenvalue weighted by Crippen LogP contribution is -2.36. The second-order valence-electron chi connectivity index (χ2n) is 6.96. The Hall–Kier alpha value is -2.96. The normalized spacial score (nSPS) is 13.9. The number of anilines is 2. The molecule has 3 aromatic rings. The molecule has 0 spiro atoms. The standard InChI is InChI=1S/C23H23N3O2S/c27-22(16-18-6-3-5-17-4-1-2-7-21(17)18)25-23(29)24-19-8-10-20(11-9-19)26-12-14-28-15-13-26/h1-11H,12-16H2,(H2,24,25,27,29). The molecule has 0 aliphatic carbocycles. The van der Waals surface area contributed by atoms with E-state index in [-0.39, 0.29) is 12.3 Å². The number of thiocarbonyl (C=S) groups is 1. The molecule has 148 valence electrons. The molecule has 0 saturated carbocycles. The number of rotatable bonds is 4. The van der Waals surface area contributed by atoms with E-state index < -0.39 is 0 Å². The Bertz CT molecular complexity index is 1010. The van der Waals surface area contributed by atoms with E-state index in [4.69, 9.17) is 17.0 Å². The van der Waals surface area contributed by atoms with Crippen LogP contribution in [0.15, 0.2) is 66.7 Å². The van der Waals surface area contributed by atoms with E-state index in [1.807, 2.05) is 66.7 Å². The van der Waals surface area contributed by atoms with Crippen LogP contribution in [0.2, 0.25) is 0 Å². The van der Waals surface area contributed by atoms with Crippen LogP contribution in [-0.2, 0) is 16.0 Å². The topological polar surface area (TPSA) is 53.6 Å². The summed E-state index contributed by atoms with van der Waals surface area (Å²) in [7, 11) is 0. The van der Waals surface area contributed by atoms with Gasteiger partial charge in [-0.25, -0.2) is 0 Å². The molecule has 1 aliphatic heterocycles. The largest absolute Gasteiger partial charge is 0.378 e. The Balaban J connectivity index is 1.33. The van der Waals surface area contributed by atoms with E-state index >= 15 is 0 Å². The summed E-state index contributed by atoms with van der Waals surface area (Å²) < 4.78 is 5.39. The molecule has 4 rings (SSSR count). The molecular formula is C23H23N3O2S. The van der Waals surface area contributed by atoms with Crippen LogP contribution in [0.3, 0.4) is 0 Å². The maximum atomic E-state index is 12.5. The van der Waals surface area contributed by atoms with E-state index in [2.05, 4.69) is 15.5 Å². The van der Waals surface area contributed by atoms with Gasteiger partial charge in [0.05, 0.1) is 19.6 Å². The Morgan fingerprint density at radius 3 is 2.48 bits per heavy atom. The van der Waals surface area contributed by atoms with Gasteiger partial charge in [-0.3, -0.25) is 4.79 Å². The summed E-state index contributed by atoms with van der Waals surface area (Å²) in [6, 6.07) is 22.1. The van der Waals surface area contributed by atoms with Crippen LogP contribution in [0.5, 0.6) is 0 Å². The van der Waals surface area contributed by atoms with Crippen LogP contribution in [0.4, 0.5) is 11.4 Å². The molecule has 5 nitrogen and oxygen atoms in total. The zero-order valence-electron chi connectivity index (χ0n) is 16.1. The highest BCUT2D eigenvalue weighted by Crippen LogP contribution is 2.20. The molecule has 1 aliphatic rings. The molecule has 3 aromatic carbocycles. The molecule has 1 amide bonds. The Morgan fingerprint density at radius 1 is 0.966 bits per heavy atom. The van der Waals surface area contributed by atoms with Gasteiger partial charge in [0.15, 0.2) is 5.11 Å². The fourth-order valence-electron chi connectivity index (χ4n) is 3.53. The molecule has 2 N–H and O–H groups in total. The van der Waals surface area contributed by atoms with Gasteiger partial charge >= 0.3 is 0 Å². The Morgan fingerprint density at radius 2 is 1.69 bits per heavy atom. The van der Waals surface area contributed by atoms with E-state index in [9.17, 15) is 4.79 Å². The summed E-state index contributed by atoms with van der Waals surface area (Å²) in [5.74, 6) is -0.135. The number of nitrogens with zero attached hydrogens (tertiary/aromatic N) is 1. The quantitative estimate of drug-likeness (QED) is 0.648. The summed E-state index contributed by atoms with van der Waals surface area (Å²) in [4.78, 5) is 14.7. The number of amides is 1. The number of fused-ring (bicyclic) bond motifs is 1. The first-order chi connectivity index (χ1) is 14.2. The van der Waals surface area contributed by atoms with Gasteiger partial charge in [-0.1, -0.05) is 42.5 Å². The molecule has 0 radical (unpaired) electrons. The molecule has 1 heterocycles. The number of morpholine rings is 1. The minimum absolute atomic E-state index is 0.135. The molecule has 29 heavy (non-hydrogen) atoms. The number of hydrogen-bond donors (Lipinski definition) is 2. The summed E-state index contributed by atoms with van der Waals surface area (Å²) >= 11 is 5.31. The molecule has 1 fully saturated rings. The average Bonchev–Trinajstić information content (AvgIpc) is 2.75. The Labute approximate surface area is 175 Å². The van der Waals surface area contributed by atoms with Gasteiger partial charge in [0.25, 0.3) is 0 Å². The third-order valence-electron chi connectivity index (χ3n) is 4.99. The highest BCUT2D eigenvalue weighted by atomic mass is 32.1. The van der Waals surface area contributed by atoms with Gasteiger partial charge in [-0.05, 0) is 52.8 Å². The molecule has 0 aromatic heterocycles. The van der Waals surface area contributed by atoms with Gasteiger partial charge in [0.1, 0.15) is 0 Å². The summed E-state index contributed by atoms with van der Waals surface area (Å²) in [5, 5.41) is 8.37. The van der Waals surface area contributed by atoms with Gasteiger partial charge in [-0.2, -0.15) is 0 Å². The van der Waals surface area contributed by atoms with Crippen molar-refractivity contribution in [3.63, 3.8) is 0 Å². The van der Waals surface area contributed by atoms with Crippen molar-refractivity contribution in [2.75, 3.05) is 36.5 Å². The van der Waals surface area contributed by atoms with Crippen LogP contribution >= 0.6 is 12.2 Å². The van der Waals surface area contributed by atoms with Crippen molar-refractivity contribution in [1.29, 1.82) is 0 Å². The van der Waals surface area contributed by atoms with Crippen LogP contribution in [0.25, 0.3) is 10.8 Å². The zero-order chi connectivity index (χ0) is 20.1. The molecule has 0 bridgehead atoms. The lowest BCUT2D eigenvalue weighted by Gasteiger charge is -2.28. The maximum absolute atomic E-state index is 12.5. The van der Waals surface area contributed by atoms with Crippen molar-refractivity contribution in [3.05, 3.63) is 72.3 Å². The SMILES string of the molecule is O=C(Cc1cccc2ccccc12)NC(=S)Nc1ccc(N2CCOCC2)cc1. The monoisotopic (exact) mass is 405 g/mol. The summed E-state index contributed by atoms with van der Waals surface area (Å²) in [5.41, 5.74) is 2.99. The first kappa shape index (κ1) is 19.4. The maximum Gasteiger partial charge on any atom is 0.230 e. The smallest absolute Gasteiger partial charge is 0.230 e. The van der Waals surface area contributed by atoms with Crippen molar-refractivity contribution < 1.29 is 9.53 Å². The first-order valence-electron chi connectivity index (χ1n) is 9.69. The zero-order valence-corrected chi connectivity index (χ0v) is 16.9. The average molecular weight is 406 g/mol.